The molecule has 0 bridgehead atoms. The van der Waals surface area contributed by atoms with Crippen molar-refractivity contribution in [1.29, 1.82) is 0 Å². The van der Waals surface area contributed by atoms with Crippen LogP contribution in [0.3, 0.4) is 0 Å². The minimum Gasteiger partial charge on any atom is -0.308 e. The molecule has 5 nitrogen and oxygen atoms in total. The van der Waals surface area contributed by atoms with Crippen LogP contribution >= 0.6 is 7.60 Å². The number of nitrogens with zero attached hydrogens (tertiary/aromatic N) is 1. The molecule has 0 aromatic heterocycles. The Morgan fingerprint density at radius 1 is 1.05 bits per heavy atom. The van der Waals surface area contributed by atoms with Crippen LogP contribution in [0, 0.1) is 5.41 Å². The van der Waals surface area contributed by atoms with Gasteiger partial charge in [-0.15, -0.1) is 0 Å². The summed E-state index contributed by atoms with van der Waals surface area (Å²) in [7, 11) is -3.30. The normalized spacial score (nSPS) is 15.9. The van der Waals surface area contributed by atoms with Gasteiger partial charge in [0.1, 0.15) is 5.78 Å². The second-order valence-corrected chi connectivity index (χ2v) is 8.78. The maximum absolute atomic E-state index is 13.1. The fourth-order valence-electron chi connectivity index (χ4n) is 1.95. The summed E-state index contributed by atoms with van der Waals surface area (Å²) in [6.07, 6.45) is 0. The van der Waals surface area contributed by atoms with E-state index in [4.69, 9.17) is 14.9 Å². The topological polar surface area (TPSA) is 64.8 Å². The van der Waals surface area contributed by atoms with Crippen LogP contribution in [0.1, 0.15) is 55.4 Å². The largest absolute Gasteiger partial charge is 0.349 e. The van der Waals surface area contributed by atoms with Crippen LogP contribution in [0.5, 0.6) is 0 Å². The highest BCUT2D eigenvalue weighted by molar-refractivity contribution is 7.54. The molecule has 0 aliphatic heterocycles. The molecule has 1 unspecified atom stereocenters. The first-order chi connectivity index (χ1) is 8.40. The Hall–Kier alpha value is 0.0700. The molecule has 0 aliphatic carbocycles. The number of nitrogens with two attached hydrogens (primary N) is 1. The fraction of sp³-hybridized carbons (Fsp3) is 1.00. The molecule has 0 heterocycles. The highest BCUT2D eigenvalue weighted by atomic mass is 31.2. The first-order valence-electron chi connectivity index (χ1n) is 6.83. The van der Waals surface area contributed by atoms with E-state index in [0.29, 0.717) is 13.2 Å². The number of hydrogen-bond donors (Lipinski definition) is 1. The monoisotopic (exact) mass is 294 g/mol. The van der Waals surface area contributed by atoms with Crippen molar-refractivity contribution >= 4 is 7.60 Å². The van der Waals surface area contributed by atoms with Crippen molar-refractivity contribution in [2.75, 3.05) is 13.2 Å². The Kier molecular flexibility index (Phi) is 6.71. The van der Waals surface area contributed by atoms with E-state index in [1.807, 2.05) is 55.4 Å². The van der Waals surface area contributed by atoms with Gasteiger partial charge in [0.05, 0.1) is 13.2 Å². The van der Waals surface area contributed by atoms with E-state index in [9.17, 15) is 4.57 Å². The van der Waals surface area contributed by atoms with Crippen LogP contribution in [-0.2, 0) is 13.6 Å². The molecular formula is C13H31N2O3P. The smallest absolute Gasteiger partial charge is 0.308 e. The highest BCUT2D eigenvalue weighted by Gasteiger charge is 2.49. The van der Waals surface area contributed by atoms with Crippen LogP contribution in [0.25, 0.3) is 0 Å². The Balaban J connectivity index is 5.64. The number of hydrazine groups is 1. The van der Waals surface area contributed by atoms with Crippen molar-refractivity contribution < 1.29 is 13.6 Å². The van der Waals surface area contributed by atoms with E-state index in [1.165, 1.54) is 0 Å². The van der Waals surface area contributed by atoms with Gasteiger partial charge in [-0.3, -0.25) is 10.4 Å². The zero-order chi connectivity index (χ0) is 15.5. The Bertz CT molecular complexity index is 311. The van der Waals surface area contributed by atoms with E-state index in [1.54, 1.807) is 5.01 Å². The molecule has 1 atom stereocenters. The lowest BCUT2D eigenvalue weighted by Gasteiger charge is -2.46. The lowest BCUT2D eigenvalue weighted by Crippen LogP contribution is -2.57. The minimum atomic E-state index is -3.30. The maximum Gasteiger partial charge on any atom is 0.349 e. The third kappa shape index (κ3) is 5.16. The predicted molar refractivity (Wildman–Crippen MR) is 79.9 cm³/mol. The second kappa shape index (κ2) is 6.68. The molecule has 0 saturated heterocycles. The average molecular weight is 294 g/mol. The lowest BCUT2D eigenvalue weighted by molar-refractivity contribution is 0.0407. The molecule has 0 amide bonds. The molecule has 116 valence electrons. The van der Waals surface area contributed by atoms with Gasteiger partial charge in [0.2, 0.25) is 0 Å². The SMILES string of the molecule is CCOP(=O)(OCC)C(N(N)C(C)(C)C)C(C)(C)C. The van der Waals surface area contributed by atoms with Crippen molar-refractivity contribution in [3.05, 3.63) is 0 Å². The summed E-state index contributed by atoms with van der Waals surface area (Å²) < 4.78 is 24.1. The maximum atomic E-state index is 13.1. The highest BCUT2D eigenvalue weighted by Crippen LogP contribution is 2.59. The summed E-state index contributed by atoms with van der Waals surface area (Å²) >= 11 is 0. The van der Waals surface area contributed by atoms with E-state index in [-0.39, 0.29) is 11.0 Å². The zero-order valence-electron chi connectivity index (χ0n) is 13.7. The summed E-state index contributed by atoms with van der Waals surface area (Å²) in [5.41, 5.74) is -0.663. The summed E-state index contributed by atoms with van der Waals surface area (Å²) in [6, 6.07) is 0. The number of rotatable bonds is 6. The molecule has 0 aromatic carbocycles. The van der Waals surface area contributed by atoms with Crippen LogP contribution < -0.4 is 5.84 Å². The minimum absolute atomic E-state index is 0.331. The number of hydrogen-bond acceptors (Lipinski definition) is 5. The van der Waals surface area contributed by atoms with Crippen LogP contribution in [0.15, 0.2) is 0 Å². The van der Waals surface area contributed by atoms with Crippen LogP contribution in [-0.4, -0.2) is 29.5 Å². The molecule has 0 spiro atoms. The van der Waals surface area contributed by atoms with Crippen molar-refractivity contribution in [1.82, 2.24) is 5.01 Å². The van der Waals surface area contributed by atoms with Gasteiger partial charge < -0.3 is 9.05 Å². The first-order valence-corrected chi connectivity index (χ1v) is 8.44. The van der Waals surface area contributed by atoms with E-state index in [0.717, 1.165) is 0 Å². The Morgan fingerprint density at radius 2 is 1.42 bits per heavy atom. The first kappa shape index (κ1) is 19.1. The molecular weight excluding hydrogens is 263 g/mol. The van der Waals surface area contributed by atoms with Gasteiger partial charge in [-0.25, -0.2) is 5.01 Å². The second-order valence-electron chi connectivity index (χ2n) is 6.69. The van der Waals surface area contributed by atoms with Crippen LogP contribution in [0.2, 0.25) is 0 Å². The molecule has 0 aliphatic rings. The molecule has 0 radical (unpaired) electrons. The summed E-state index contributed by atoms with van der Waals surface area (Å²) in [6.45, 7) is 16.2. The van der Waals surface area contributed by atoms with Crippen molar-refractivity contribution in [2.24, 2.45) is 11.3 Å². The summed E-state index contributed by atoms with van der Waals surface area (Å²) in [5, 5.41) is 1.61. The van der Waals surface area contributed by atoms with Gasteiger partial charge in [0.25, 0.3) is 0 Å². The van der Waals surface area contributed by atoms with Crippen molar-refractivity contribution in [3.8, 4) is 0 Å². The van der Waals surface area contributed by atoms with Gasteiger partial charge in [-0.2, -0.15) is 0 Å². The molecule has 0 aromatic rings. The van der Waals surface area contributed by atoms with Crippen molar-refractivity contribution in [3.63, 3.8) is 0 Å². The third-order valence-corrected chi connectivity index (χ3v) is 5.59. The third-order valence-electron chi connectivity index (χ3n) is 2.73. The summed E-state index contributed by atoms with van der Waals surface area (Å²) in [5.74, 6) is 5.73. The zero-order valence-corrected chi connectivity index (χ0v) is 14.6. The Labute approximate surface area is 118 Å². The van der Waals surface area contributed by atoms with E-state index >= 15 is 0 Å². The summed E-state index contributed by atoms with van der Waals surface area (Å²) in [4.78, 5) is 0. The van der Waals surface area contributed by atoms with Gasteiger partial charge >= 0.3 is 7.60 Å². The quantitative estimate of drug-likeness (QED) is 0.460. The molecule has 0 fully saturated rings. The fourth-order valence-corrected chi connectivity index (χ4v) is 4.63. The molecule has 2 N–H and O–H groups in total. The van der Waals surface area contributed by atoms with E-state index in [2.05, 4.69) is 0 Å². The average Bonchev–Trinajstić information content (AvgIpc) is 2.13. The Morgan fingerprint density at radius 3 is 1.63 bits per heavy atom. The standard InChI is InChI=1S/C13H31N2O3P/c1-9-17-19(16,18-10-2)11(12(3,4)5)15(14)13(6,7)8/h11H,9-10,14H2,1-8H3. The molecule has 0 saturated carbocycles. The lowest BCUT2D eigenvalue weighted by atomic mass is 9.94. The predicted octanol–water partition coefficient (Wildman–Crippen LogP) is 3.60. The van der Waals surface area contributed by atoms with Gasteiger partial charge in [0.15, 0.2) is 0 Å². The van der Waals surface area contributed by atoms with Gasteiger partial charge in [-0.1, -0.05) is 20.8 Å². The van der Waals surface area contributed by atoms with Crippen molar-refractivity contribution in [2.45, 2.75) is 66.7 Å². The molecule has 19 heavy (non-hydrogen) atoms. The van der Waals surface area contributed by atoms with Crippen LogP contribution in [0.4, 0.5) is 0 Å². The molecule has 6 heteroatoms. The van der Waals surface area contributed by atoms with Gasteiger partial charge in [-0.05, 0) is 40.0 Å². The van der Waals surface area contributed by atoms with E-state index < -0.39 is 13.4 Å². The van der Waals surface area contributed by atoms with Gasteiger partial charge in [0, 0.05) is 5.54 Å². The molecule has 0 rings (SSSR count).